The number of methoxy groups -OCH3 is 1. The summed E-state index contributed by atoms with van der Waals surface area (Å²) in [5, 5.41) is 11.8. The molecule has 9 heteroatoms. The minimum absolute atomic E-state index is 0.197. The van der Waals surface area contributed by atoms with E-state index in [1.807, 2.05) is 60.7 Å². The first-order chi connectivity index (χ1) is 16.5. The van der Waals surface area contributed by atoms with E-state index in [1.165, 1.54) is 30.2 Å². The summed E-state index contributed by atoms with van der Waals surface area (Å²) in [6.45, 7) is 0.562. The molecule has 3 aromatic rings. The van der Waals surface area contributed by atoms with Crippen molar-refractivity contribution in [3.63, 3.8) is 0 Å². The molecule has 1 fully saturated rings. The molecule has 0 radical (unpaired) electrons. The van der Waals surface area contributed by atoms with Crippen LogP contribution in [0.3, 0.4) is 0 Å². The molecular formula is C25H20N2O5S2. The first kappa shape index (κ1) is 23.5. The second-order valence-corrected chi connectivity index (χ2v) is 9.02. The third-order valence-electron chi connectivity index (χ3n) is 5.09. The van der Waals surface area contributed by atoms with Gasteiger partial charge in [0.05, 0.1) is 35.1 Å². The van der Waals surface area contributed by atoms with E-state index in [0.717, 1.165) is 22.9 Å². The lowest BCUT2D eigenvalue weighted by molar-refractivity contribution is -0.385. The number of nitro benzene ring substituents is 1. The fraction of sp³-hybridized carbons (Fsp3) is 0.120. The summed E-state index contributed by atoms with van der Waals surface area (Å²) in [6, 6.07) is 21.8. The summed E-state index contributed by atoms with van der Waals surface area (Å²) in [4.78, 5) is 26.1. The molecule has 1 aliphatic heterocycles. The maximum atomic E-state index is 13.0. The molecule has 0 aliphatic carbocycles. The Morgan fingerprint density at radius 1 is 1.03 bits per heavy atom. The molecule has 4 rings (SSSR count). The van der Waals surface area contributed by atoms with Crippen molar-refractivity contribution in [2.24, 2.45) is 0 Å². The topological polar surface area (TPSA) is 81.9 Å². The van der Waals surface area contributed by atoms with Gasteiger partial charge in [-0.15, -0.1) is 0 Å². The molecule has 1 aliphatic rings. The average molecular weight is 493 g/mol. The lowest BCUT2D eigenvalue weighted by Crippen LogP contribution is -2.27. The molecule has 0 aromatic heterocycles. The largest absolute Gasteiger partial charge is 0.493 e. The van der Waals surface area contributed by atoms with Crippen molar-refractivity contribution in [1.29, 1.82) is 0 Å². The van der Waals surface area contributed by atoms with Gasteiger partial charge in [0.15, 0.2) is 11.5 Å². The molecule has 0 N–H and O–H groups in total. The van der Waals surface area contributed by atoms with Crippen LogP contribution in [0.25, 0.3) is 6.08 Å². The number of thiocarbonyl (C=S) groups is 1. The van der Waals surface area contributed by atoms with Gasteiger partial charge in [0.25, 0.3) is 11.6 Å². The van der Waals surface area contributed by atoms with Crippen molar-refractivity contribution in [2.45, 2.75) is 13.2 Å². The molecule has 1 heterocycles. The number of hydrogen-bond acceptors (Lipinski definition) is 7. The van der Waals surface area contributed by atoms with Crippen molar-refractivity contribution in [1.82, 2.24) is 4.90 Å². The number of thioether (sulfide) groups is 1. The van der Waals surface area contributed by atoms with E-state index >= 15 is 0 Å². The molecule has 0 saturated carbocycles. The van der Waals surface area contributed by atoms with Gasteiger partial charge in [0.2, 0.25) is 0 Å². The van der Waals surface area contributed by atoms with Gasteiger partial charge in [-0.1, -0.05) is 84.6 Å². The Hall–Kier alpha value is -3.69. The third-order valence-corrected chi connectivity index (χ3v) is 6.47. The van der Waals surface area contributed by atoms with Crippen LogP contribution in [-0.2, 0) is 17.9 Å². The molecule has 172 valence electrons. The van der Waals surface area contributed by atoms with Gasteiger partial charge in [-0.05, 0) is 23.3 Å². The summed E-state index contributed by atoms with van der Waals surface area (Å²) in [7, 11) is 1.46. The number of nitrogens with zero attached hydrogens (tertiary/aromatic N) is 2. The molecule has 3 aromatic carbocycles. The smallest absolute Gasteiger partial charge is 0.280 e. The van der Waals surface area contributed by atoms with Crippen LogP contribution in [-0.4, -0.2) is 27.2 Å². The number of hydrogen-bond donors (Lipinski definition) is 0. The zero-order chi connectivity index (χ0) is 24.1. The number of carbonyl (C=O) groups is 1. The summed E-state index contributed by atoms with van der Waals surface area (Å²) >= 11 is 6.51. The summed E-state index contributed by atoms with van der Waals surface area (Å²) in [5.74, 6) is 0.274. The van der Waals surface area contributed by atoms with Crippen molar-refractivity contribution in [3.05, 3.63) is 105 Å². The van der Waals surface area contributed by atoms with Crippen LogP contribution in [0.4, 0.5) is 5.69 Å². The standard InChI is InChI=1S/C25H20N2O5S2/c1-31-21-12-19(20(27(29)30)14-22(21)32-16-18-10-6-3-7-11-18)13-23-24(28)26(25(33)34-23)15-17-8-4-2-5-9-17/h2-14H,15-16H2,1H3/b23-13-. The van der Waals surface area contributed by atoms with Gasteiger partial charge >= 0.3 is 0 Å². The predicted octanol–water partition coefficient (Wildman–Crippen LogP) is 5.58. The van der Waals surface area contributed by atoms with E-state index in [-0.39, 0.29) is 29.5 Å². The Morgan fingerprint density at radius 3 is 2.29 bits per heavy atom. The number of ether oxygens (including phenoxy) is 2. The first-order valence-electron chi connectivity index (χ1n) is 10.3. The fourth-order valence-electron chi connectivity index (χ4n) is 3.39. The van der Waals surface area contributed by atoms with Crippen molar-refractivity contribution in [3.8, 4) is 11.5 Å². The van der Waals surface area contributed by atoms with Crippen LogP contribution in [0.1, 0.15) is 16.7 Å². The van der Waals surface area contributed by atoms with Gasteiger partial charge in [-0.3, -0.25) is 19.8 Å². The van der Waals surface area contributed by atoms with Crippen LogP contribution in [0.2, 0.25) is 0 Å². The monoisotopic (exact) mass is 492 g/mol. The van der Waals surface area contributed by atoms with Gasteiger partial charge in [0.1, 0.15) is 10.9 Å². The minimum atomic E-state index is -0.509. The van der Waals surface area contributed by atoms with E-state index in [9.17, 15) is 14.9 Å². The Kier molecular flexibility index (Phi) is 7.24. The molecule has 0 atom stereocenters. The number of nitro groups is 1. The highest BCUT2D eigenvalue weighted by Crippen LogP contribution is 2.39. The first-order valence-corrected chi connectivity index (χ1v) is 11.5. The van der Waals surface area contributed by atoms with E-state index < -0.39 is 4.92 Å². The number of benzene rings is 3. The summed E-state index contributed by atoms with van der Waals surface area (Å²) < 4.78 is 11.6. The van der Waals surface area contributed by atoms with Crippen LogP contribution in [0.5, 0.6) is 11.5 Å². The Morgan fingerprint density at radius 2 is 1.68 bits per heavy atom. The van der Waals surface area contributed by atoms with Crippen LogP contribution in [0.15, 0.2) is 77.7 Å². The lowest BCUT2D eigenvalue weighted by atomic mass is 10.1. The molecule has 0 spiro atoms. The second kappa shape index (κ2) is 10.5. The third kappa shape index (κ3) is 5.27. The number of rotatable bonds is 8. The zero-order valence-corrected chi connectivity index (χ0v) is 19.8. The fourth-order valence-corrected chi connectivity index (χ4v) is 4.64. The highest BCUT2D eigenvalue weighted by molar-refractivity contribution is 8.26. The Labute approximate surface area is 206 Å². The highest BCUT2D eigenvalue weighted by Gasteiger charge is 2.33. The average Bonchev–Trinajstić information content (AvgIpc) is 3.11. The van der Waals surface area contributed by atoms with Gasteiger partial charge in [-0.2, -0.15) is 0 Å². The van der Waals surface area contributed by atoms with Crippen LogP contribution >= 0.6 is 24.0 Å². The number of amides is 1. The Balaban J connectivity index is 1.62. The van der Waals surface area contributed by atoms with Crippen molar-refractivity contribution >= 4 is 46.0 Å². The molecule has 34 heavy (non-hydrogen) atoms. The molecule has 7 nitrogen and oxygen atoms in total. The normalized spacial score (nSPS) is 14.5. The maximum Gasteiger partial charge on any atom is 0.280 e. The Bertz CT molecular complexity index is 1260. The van der Waals surface area contributed by atoms with E-state index in [1.54, 1.807) is 0 Å². The maximum absolute atomic E-state index is 13.0. The van der Waals surface area contributed by atoms with Crippen molar-refractivity contribution < 1.29 is 19.2 Å². The summed E-state index contributed by atoms with van der Waals surface area (Å²) in [6.07, 6.45) is 1.48. The van der Waals surface area contributed by atoms with E-state index in [4.69, 9.17) is 21.7 Å². The SMILES string of the molecule is COc1cc(/C=C2\SC(=S)N(Cc3ccccc3)C2=O)c([N+](=O)[O-])cc1OCc1ccccc1. The molecule has 0 unspecified atom stereocenters. The van der Waals surface area contributed by atoms with E-state index in [2.05, 4.69) is 0 Å². The number of carbonyl (C=O) groups excluding carboxylic acids is 1. The van der Waals surface area contributed by atoms with E-state index in [0.29, 0.717) is 21.5 Å². The minimum Gasteiger partial charge on any atom is -0.493 e. The molecule has 1 amide bonds. The summed E-state index contributed by atoms with van der Waals surface area (Å²) in [5.41, 5.74) is 1.89. The second-order valence-electron chi connectivity index (χ2n) is 7.35. The van der Waals surface area contributed by atoms with Crippen LogP contribution in [0, 0.1) is 10.1 Å². The van der Waals surface area contributed by atoms with Gasteiger partial charge in [0, 0.05) is 0 Å². The molecular weight excluding hydrogens is 472 g/mol. The lowest BCUT2D eigenvalue weighted by Gasteiger charge is -2.14. The highest BCUT2D eigenvalue weighted by atomic mass is 32.2. The molecule has 1 saturated heterocycles. The van der Waals surface area contributed by atoms with Crippen molar-refractivity contribution in [2.75, 3.05) is 7.11 Å². The van der Waals surface area contributed by atoms with Crippen LogP contribution < -0.4 is 9.47 Å². The quantitative estimate of drug-likeness (QED) is 0.176. The predicted molar refractivity (Wildman–Crippen MR) is 136 cm³/mol. The van der Waals surface area contributed by atoms with Gasteiger partial charge < -0.3 is 9.47 Å². The zero-order valence-electron chi connectivity index (χ0n) is 18.2. The molecule has 0 bridgehead atoms. The van der Waals surface area contributed by atoms with Gasteiger partial charge in [-0.25, -0.2) is 0 Å².